The summed E-state index contributed by atoms with van der Waals surface area (Å²) < 4.78 is 5.35. The maximum atomic E-state index is 12.8. The number of amides is 1. The largest absolute Gasteiger partial charge is 0.384 e. The molecule has 2 fully saturated rings. The van der Waals surface area contributed by atoms with Gasteiger partial charge in [-0.15, -0.1) is 0 Å². The van der Waals surface area contributed by atoms with E-state index >= 15 is 0 Å². The van der Waals surface area contributed by atoms with Gasteiger partial charge in [0.25, 0.3) is 0 Å². The highest BCUT2D eigenvalue weighted by molar-refractivity contribution is 5.83. The molecular weight excluding hydrogens is 228 g/mol. The molecule has 2 rings (SSSR count). The number of rotatable bonds is 3. The van der Waals surface area contributed by atoms with Crippen molar-refractivity contribution in [2.24, 2.45) is 5.41 Å². The summed E-state index contributed by atoms with van der Waals surface area (Å²) in [6, 6.07) is 0. The highest BCUT2D eigenvalue weighted by Gasteiger charge is 2.42. The SMILES string of the molecule is COCC1(C(=O)N2CCCCCC2)CCNCC1. The predicted octanol–water partition coefficient (Wildman–Crippen LogP) is 1.41. The maximum absolute atomic E-state index is 12.8. The Bertz CT molecular complexity index is 261. The summed E-state index contributed by atoms with van der Waals surface area (Å²) in [5, 5.41) is 3.34. The second-order valence-corrected chi connectivity index (χ2v) is 5.67. The number of hydrogen-bond acceptors (Lipinski definition) is 3. The van der Waals surface area contributed by atoms with Gasteiger partial charge in [0, 0.05) is 20.2 Å². The summed E-state index contributed by atoms with van der Waals surface area (Å²) in [4.78, 5) is 14.9. The number of nitrogens with one attached hydrogen (secondary N) is 1. The van der Waals surface area contributed by atoms with Gasteiger partial charge in [-0.3, -0.25) is 4.79 Å². The normalized spacial score (nSPS) is 24.6. The number of methoxy groups -OCH3 is 1. The zero-order chi connectivity index (χ0) is 12.8. The molecule has 2 saturated heterocycles. The van der Waals surface area contributed by atoms with Crippen molar-refractivity contribution in [1.29, 1.82) is 0 Å². The number of carbonyl (C=O) groups excluding carboxylic acids is 1. The monoisotopic (exact) mass is 254 g/mol. The summed E-state index contributed by atoms with van der Waals surface area (Å²) in [5.74, 6) is 0.341. The van der Waals surface area contributed by atoms with Crippen LogP contribution in [0.5, 0.6) is 0 Å². The number of piperidine rings is 1. The smallest absolute Gasteiger partial charge is 0.231 e. The lowest BCUT2D eigenvalue weighted by Crippen LogP contribution is -2.51. The lowest BCUT2D eigenvalue weighted by molar-refractivity contribution is -0.147. The summed E-state index contributed by atoms with van der Waals surface area (Å²) in [6.45, 7) is 4.32. The molecule has 0 radical (unpaired) electrons. The number of carbonyl (C=O) groups is 1. The first-order valence-corrected chi connectivity index (χ1v) is 7.27. The van der Waals surface area contributed by atoms with Crippen molar-refractivity contribution in [3.05, 3.63) is 0 Å². The van der Waals surface area contributed by atoms with Crippen LogP contribution in [-0.4, -0.2) is 50.7 Å². The summed E-state index contributed by atoms with van der Waals surface area (Å²) in [7, 11) is 1.71. The van der Waals surface area contributed by atoms with Crippen molar-refractivity contribution in [3.63, 3.8) is 0 Å². The van der Waals surface area contributed by atoms with Crippen LogP contribution >= 0.6 is 0 Å². The minimum absolute atomic E-state index is 0.260. The van der Waals surface area contributed by atoms with Gasteiger partial charge in [0.05, 0.1) is 12.0 Å². The van der Waals surface area contributed by atoms with E-state index in [1.165, 1.54) is 12.8 Å². The molecule has 0 saturated carbocycles. The highest BCUT2D eigenvalue weighted by atomic mass is 16.5. The van der Waals surface area contributed by atoms with E-state index < -0.39 is 0 Å². The second kappa shape index (κ2) is 6.53. The average Bonchev–Trinajstić information content (AvgIpc) is 2.68. The van der Waals surface area contributed by atoms with Gasteiger partial charge in [-0.05, 0) is 38.8 Å². The van der Waals surface area contributed by atoms with E-state index in [1.807, 2.05) is 0 Å². The lowest BCUT2D eigenvalue weighted by atomic mass is 9.78. The van der Waals surface area contributed by atoms with Gasteiger partial charge >= 0.3 is 0 Å². The molecule has 2 aliphatic rings. The molecule has 0 aliphatic carbocycles. The topological polar surface area (TPSA) is 41.6 Å². The third kappa shape index (κ3) is 3.04. The average molecular weight is 254 g/mol. The van der Waals surface area contributed by atoms with Crippen LogP contribution in [-0.2, 0) is 9.53 Å². The maximum Gasteiger partial charge on any atom is 0.231 e. The minimum Gasteiger partial charge on any atom is -0.384 e. The third-order valence-electron chi connectivity index (χ3n) is 4.33. The van der Waals surface area contributed by atoms with Crippen LogP contribution in [0.25, 0.3) is 0 Å². The zero-order valence-electron chi connectivity index (χ0n) is 11.5. The van der Waals surface area contributed by atoms with Crippen LogP contribution < -0.4 is 5.32 Å². The molecule has 0 atom stereocenters. The second-order valence-electron chi connectivity index (χ2n) is 5.67. The van der Waals surface area contributed by atoms with Crippen molar-refractivity contribution < 1.29 is 9.53 Å². The van der Waals surface area contributed by atoms with Gasteiger partial charge in [-0.2, -0.15) is 0 Å². The molecule has 104 valence electrons. The van der Waals surface area contributed by atoms with Crippen molar-refractivity contribution >= 4 is 5.91 Å². The van der Waals surface area contributed by atoms with Gasteiger partial charge in [-0.25, -0.2) is 0 Å². The minimum atomic E-state index is -0.260. The highest BCUT2D eigenvalue weighted by Crippen LogP contribution is 2.32. The molecule has 4 heteroatoms. The number of hydrogen-bond donors (Lipinski definition) is 1. The van der Waals surface area contributed by atoms with Crippen LogP contribution in [0.2, 0.25) is 0 Å². The van der Waals surface area contributed by atoms with Crippen LogP contribution in [0.1, 0.15) is 38.5 Å². The van der Waals surface area contributed by atoms with Crippen LogP contribution in [0, 0.1) is 5.41 Å². The first-order chi connectivity index (χ1) is 8.78. The Hall–Kier alpha value is -0.610. The molecule has 18 heavy (non-hydrogen) atoms. The first-order valence-electron chi connectivity index (χ1n) is 7.27. The van der Waals surface area contributed by atoms with E-state index in [0.29, 0.717) is 12.5 Å². The molecule has 0 unspecified atom stereocenters. The molecule has 0 aromatic carbocycles. The zero-order valence-corrected chi connectivity index (χ0v) is 11.5. The van der Waals surface area contributed by atoms with Gasteiger partial charge < -0.3 is 15.0 Å². The fourth-order valence-corrected chi connectivity index (χ4v) is 3.21. The molecule has 0 aromatic rings. The molecule has 0 aromatic heterocycles. The Balaban J connectivity index is 2.06. The van der Waals surface area contributed by atoms with Crippen LogP contribution in [0.15, 0.2) is 0 Å². The van der Waals surface area contributed by atoms with Gasteiger partial charge in [0.1, 0.15) is 0 Å². The van der Waals surface area contributed by atoms with Crippen molar-refractivity contribution in [2.45, 2.75) is 38.5 Å². The van der Waals surface area contributed by atoms with Gasteiger partial charge in [-0.1, -0.05) is 12.8 Å². The lowest BCUT2D eigenvalue weighted by Gasteiger charge is -2.39. The van der Waals surface area contributed by atoms with Gasteiger partial charge in [0.2, 0.25) is 5.91 Å². The molecular formula is C14H26N2O2. The molecule has 1 N–H and O–H groups in total. The fraction of sp³-hybridized carbons (Fsp3) is 0.929. The van der Waals surface area contributed by atoms with E-state index in [-0.39, 0.29) is 5.41 Å². The fourth-order valence-electron chi connectivity index (χ4n) is 3.21. The van der Waals surface area contributed by atoms with Crippen molar-refractivity contribution in [3.8, 4) is 0 Å². The van der Waals surface area contributed by atoms with E-state index in [9.17, 15) is 4.79 Å². The van der Waals surface area contributed by atoms with E-state index in [4.69, 9.17) is 4.74 Å². The first kappa shape index (κ1) is 13.8. The summed E-state index contributed by atoms with van der Waals surface area (Å²) in [5.41, 5.74) is -0.260. The van der Waals surface area contributed by atoms with Crippen molar-refractivity contribution in [2.75, 3.05) is 39.9 Å². The van der Waals surface area contributed by atoms with E-state index in [2.05, 4.69) is 10.2 Å². The molecule has 2 aliphatic heterocycles. The third-order valence-corrected chi connectivity index (χ3v) is 4.33. The predicted molar refractivity (Wildman–Crippen MR) is 71.5 cm³/mol. The Morgan fingerprint density at radius 1 is 1.17 bits per heavy atom. The summed E-state index contributed by atoms with van der Waals surface area (Å²) in [6.07, 6.45) is 6.68. The summed E-state index contributed by atoms with van der Waals surface area (Å²) >= 11 is 0. The Morgan fingerprint density at radius 2 is 1.78 bits per heavy atom. The Morgan fingerprint density at radius 3 is 2.33 bits per heavy atom. The van der Waals surface area contributed by atoms with E-state index in [0.717, 1.165) is 51.9 Å². The quantitative estimate of drug-likeness (QED) is 0.828. The molecule has 2 heterocycles. The molecule has 0 spiro atoms. The standard InChI is InChI=1S/C14H26N2O2/c1-18-12-14(6-8-15-9-7-14)13(17)16-10-4-2-3-5-11-16/h15H,2-12H2,1H3. The Labute approximate surface area is 110 Å². The number of likely N-dealkylation sites (tertiary alicyclic amines) is 1. The van der Waals surface area contributed by atoms with Gasteiger partial charge in [0.15, 0.2) is 0 Å². The molecule has 1 amide bonds. The van der Waals surface area contributed by atoms with E-state index in [1.54, 1.807) is 7.11 Å². The van der Waals surface area contributed by atoms with Crippen LogP contribution in [0.4, 0.5) is 0 Å². The number of ether oxygens (including phenoxy) is 1. The molecule has 0 bridgehead atoms. The number of nitrogens with zero attached hydrogens (tertiary/aromatic N) is 1. The molecule has 4 nitrogen and oxygen atoms in total. The Kier molecular flexibility index (Phi) is 5.01. The van der Waals surface area contributed by atoms with Crippen LogP contribution in [0.3, 0.4) is 0 Å². The van der Waals surface area contributed by atoms with Crippen molar-refractivity contribution in [1.82, 2.24) is 10.2 Å².